The summed E-state index contributed by atoms with van der Waals surface area (Å²) in [6.07, 6.45) is -5.06. The molecule has 0 amide bonds. The average Bonchev–Trinajstić information content (AvgIpc) is 2.88. The van der Waals surface area contributed by atoms with Gasteiger partial charge in [-0.3, -0.25) is 0 Å². The van der Waals surface area contributed by atoms with E-state index in [0.29, 0.717) is 5.56 Å². The van der Waals surface area contributed by atoms with Gasteiger partial charge >= 0.3 is 6.18 Å². The molecule has 0 nitrogen and oxygen atoms in total. The molecule has 3 aromatic carbocycles. The lowest BCUT2D eigenvalue weighted by atomic mass is 10.1. The molecule has 1 aliphatic heterocycles. The smallest absolute Gasteiger partial charge is 0.172 e. The molecule has 0 bridgehead atoms. The van der Waals surface area contributed by atoms with E-state index in [1.54, 1.807) is 18.2 Å². The normalized spacial score (nSPS) is 14.4. The predicted octanol–water partition coefficient (Wildman–Crippen LogP) is 6.25. The number of alkyl halides is 3. The minimum atomic E-state index is -4.18. The van der Waals surface area contributed by atoms with Crippen molar-refractivity contribution in [1.82, 2.24) is 0 Å². The van der Waals surface area contributed by atoms with Crippen LogP contribution in [0, 0.1) is 0 Å². The Balaban J connectivity index is 1.84. The highest BCUT2D eigenvalue weighted by Gasteiger charge is 2.29. The highest BCUT2D eigenvalue weighted by molar-refractivity contribution is 8.17. The number of hydrogen-bond donors (Lipinski definition) is 1. The first-order valence-electron chi connectivity index (χ1n) is 7.67. The highest BCUT2D eigenvalue weighted by Crippen LogP contribution is 2.62. The topological polar surface area (TPSA) is 0 Å². The molecule has 1 aliphatic rings. The fourth-order valence-corrected chi connectivity index (χ4v) is 5.93. The van der Waals surface area contributed by atoms with Gasteiger partial charge in [-0.1, -0.05) is 48.5 Å². The van der Waals surface area contributed by atoms with Gasteiger partial charge in [-0.15, -0.1) is 0 Å². The molecule has 0 unspecified atom stereocenters. The van der Waals surface area contributed by atoms with Gasteiger partial charge in [0.2, 0.25) is 0 Å². The molecule has 4 heteroatoms. The quantitative estimate of drug-likeness (QED) is 0.408. The molecule has 0 aliphatic carbocycles. The van der Waals surface area contributed by atoms with E-state index in [2.05, 4.69) is 24.3 Å². The van der Waals surface area contributed by atoms with Crippen molar-refractivity contribution in [1.29, 1.82) is 0 Å². The second-order valence-electron chi connectivity index (χ2n) is 5.83. The molecule has 3 aromatic rings. The molecule has 0 aromatic heterocycles. The maximum Gasteiger partial charge on any atom is 0.393 e. The van der Waals surface area contributed by atoms with Gasteiger partial charge < -0.3 is 0 Å². The second kappa shape index (κ2) is 5.71. The molecular weight excluding hydrogens is 329 g/mol. The monoisotopic (exact) mass is 344 g/mol. The van der Waals surface area contributed by atoms with E-state index in [-0.39, 0.29) is 0 Å². The summed E-state index contributed by atoms with van der Waals surface area (Å²) in [5.41, 5.74) is 2.71. The van der Waals surface area contributed by atoms with Crippen LogP contribution in [-0.2, 0) is 6.42 Å². The molecule has 1 heterocycles. The Morgan fingerprint density at radius 3 is 1.88 bits per heavy atom. The molecule has 0 N–H and O–H groups in total. The van der Waals surface area contributed by atoms with Gasteiger partial charge in [0.05, 0.1) is 6.42 Å². The van der Waals surface area contributed by atoms with Crippen molar-refractivity contribution in [3.05, 3.63) is 78.4 Å². The SMILES string of the molecule is FC(F)(F)Cc1cccc([SH]2c3ccccc3-c3ccccc32)c1. The summed E-state index contributed by atoms with van der Waals surface area (Å²) >= 11 is 0. The van der Waals surface area contributed by atoms with E-state index in [0.717, 1.165) is 4.90 Å². The van der Waals surface area contributed by atoms with E-state index in [1.807, 2.05) is 30.3 Å². The van der Waals surface area contributed by atoms with Crippen molar-refractivity contribution < 1.29 is 13.2 Å². The summed E-state index contributed by atoms with van der Waals surface area (Å²) in [6, 6.07) is 23.4. The first-order valence-corrected chi connectivity index (χ1v) is 9.01. The molecule has 0 saturated carbocycles. The van der Waals surface area contributed by atoms with E-state index >= 15 is 0 Å². The third-order valence-electron chi connectivity index (χ3n) is 4.15. The summed E-state index contributed by atoms with van der Waals surface area (Å²) in [6.45, 7) is 0. The van der Waals surface area contributed by atoms with Gasteiger partial charge in [0.1, 0.15) is 0 Å². The van der Waals surface area contributed by atoms with Crippen LogP contribution in [0.25, 0.3) is 11.1 Å². The van der Waals surface area contributed by atoms with Gasteiger partial charge in [-0.25, -0.2) is 0 Å². The van der Waals surface area contributed by atoms with Crippen LogP contribution in [0.4, 0.5) is 13.2 Å². The zero-order valence-corrected chi connectivity index (χ0v) is 13.6. The van der Waals surface area contributed by atoms with Crippen LogP contribution in [0.3, 0.4) is 0 Å². The maximum atomic E-state index is 12.7. The highest BCUT2D eigenvalue weighted by atomic mass is 32.2. The van der Waals surface area contributed by atoms with Crippen LogP contribution in [0.5, 0.6) is 0 Å². The molecular formula is C20H15F3S. The number of rotatable bonds is 2. The zero-order chi connectivity index (χ0) is 16.7. The van der Waals surface area contributed by atoms with Crippen molar-refractivity contribution in [2.75, 3.05) is 0 Å². The summed E-state index contributed by atoms with van der Waals surface area (Å²) in [5.74, 6) is 0. The van der Waals surface area contributed by atoms with Gasteiger partial charge in [0.25, 0.3) is 0 Å². The van der Waals surface area contributed by atoms with E-state index < -0.39 is 23.5 Å². The van der Waals surface area contributed by atoms with Crippen molar-refractivity contribution in [3.8, 4) is 11.1 Å². The van der Waals surface area contributed by atoms with Gasteiger partial charge in [0.15, 0.2) is 0 Å². The van der Waals surface area contributed by atoms with Crippen LogP contribution < -0.4 is 0 Å². The minimum Gasteiger partial charge on any atom is -0.172 e. The molecule has 4 rings (SSSR count). The fourth-order valence-electron chi connectivity index (χ4n) is 3.24. The second-order valence-corrected chi connectivity index (χ2v) is 7.98. The molecule has 0 saturated heterocycles. The van der Waals surface area contributed by atoms with Gasteiger partial charge in [-0.2, -0.15) is 24.1 Å². The predicted molar refractivity (Wildman–Crippen MR) is 91.9 cm³/mol. The number of benzene rings is 3. The summed E-state index contributed by atoms with van der Waals surface area (Å²) < 4.78 is 38.2. The molecule has 0 fully saturated rings. The summed E-state index contributed by atoms with van der Waals surface area (Å²) in [7, 11) is -0.797. The van der Waals surface area contributed by atoms with E-state index in [4.69, 9.17) is 0 Å². The lowest BCUT2D eigenvalue weighted by molar-refractivity contribution is -0.127. The Morgan fingerprint density at radius 1 is 0.708 bits per heavy atom. The van der Waals surface area contributed by atoms with E-state index in [9.17, 15) is 13.2 Å². The lowest BCUT2D eigenvalue weighted by Crippen LogP contribution is -2.11. The standard InChI is InChI=1S/C20H15F3S/c21-20(22,23)13-14-6-5-7-15(12-14)24-18-10-3-1-8-16(18)17-9-2-4-11-19(17)24/h1-12,24H,13H2. The fraction of sp³-hybridized carbons (Fsp3) is 0.100. The van der Waals surface area contributed by atoms with Crippen molar-refractivity contribution in [3.63, 3.8) is 0 Å². The van der Waals surface area contributed by atoms with Crippen molar-refractivity contribution in [2.24, 2.45) is 0 Å². The van der Waals surface area contributed by atoms with Crippen LogP contribution in [0.2, 0.25) is 0 Å². The summed E-state index contributed by atoms with van der Waals surface area (Å²) in [5, 5.41) is 0. The third-order valence-corrected chi connectivity index (χ3v) is 6.69. The van der Waals surface area contributed by atoms with Gasteiger partial charge in [-0.05, 0) is 45.9 Å². The van der Waals surface area contributed by atoms with E-state index in [1.165, 1.54) is 20.9 Å². The third kappa shape index (κ3) is 2.71. The molecule has 24 heavy (non-hydrogen) atoms. The maximum absolute atomic E-state index is 12.7. The first-order chi connectivity index (χ1) is 11.5. The lowest BCUT2D eigenvalue weighted by Gasteiger charge is -2.20. The minimum absolute atomic E-state index is 0.323. The molecule has 0 spiro atoms. The number of hydrogen-bond acceptors (Lipinski definition) is 0. The Morgan fingerprint density at radius 2 is 1.29 bits per heavy atom. The molecule has 122 valence electrons. The molecule has 0 atom stereocenters. The Labute approximate surface area is 141 Å². The average molecular weight is 344 g/mol. The van der Waals surface area contributed by atoms with Crippen LogP contribution in [0.15, 0.2) is 87.5 Å². The number of fused-ring (bicyclic) bond motifs is 3. The Hall–Kier alpha value is -2.20. The first kappa shape index (κ1) is 15.3. The number of halogens is 3. The Kier molecular flexibility index (Phi) is 3.65. The van der Waals surface area contributed by atoms with Crippen LogP contribution in [-0.4, -0.2) is 6.18 Å². The zero-order valence-electron chi connectivity index (χ0n) is 12.7. The van der Waals surface area contributed by atoms with Crippen molar-refractivity contribution in [2.45, 2.75) is 27.3 Å². The largest absolute Gasteiger partial charge is 0.393 e. The molecule has 0 radical (unpaired) electrons. The Bertz CT molecular complexity index is 854. The van der Waals surface area contributed by atoms with Crippen LogP contribution in [0.1, 0.15) is 5.56 Å². The van der Waals surface area contributed by atoms with Gasteiger partial charge in [0, 0.05) is 9.79 Å². The summed E-state index contributed by atoms with van der Waals surface area (Å²) in [4.78, 5) is 3.42. The number of thiol groups is 1. The van der Waals surface area contributed by atoms with Crippen molar-refractivity contribution >= 4 is 10.9 Å². The van der Waals surface area contributed by atoms with Crippen LogP contribution >= 0.6 is 10.9 Å².